The van der Waals surface area contributed by atoms with E-state index in [1.54, 1.807) is 0 Å². The average Bonchev–Trinajstić information content (AvgIpc) is 2.38. The highest BCUT2D eigenvalue weighted by Crippen LogP contribution is 2.32. The van der Waals surface area contributed by atoms with Crippen LogP contribution in [0.3, 0.4) is 0 Å². The molecule has 2 rings (SSSR count). The molecule has 0 saturated carbocycles. The minimum atomic E-state index is -4.82. The lowest BCUT2D eigenvalue weighted by Gasteiger charge is -2.16. The first-order valence-corrected chi connectivity index (χ1v) is 5.25. The van der Waals surface area contributed by atoms with Crippen LogP contribution in [0.2, 0.25) is 0 Å². The highest BCUT2D eigenvalue weighted by Gasteiger charge is 2.32. The first-order valence-electron chi connectivity index (χ1n) is 5.25. The summed E-state index contributed by atoms with van der Waals surface area (Å²) in [6.07, 6.45) is -2.21. The number of para-hydroxylation sites is 1. The third kappa shape index (κ3) is 3.41. The summed E-state index contributed by atoms with van der Waals surface area (Å²) in [5.41, 5.74) is 0.273. The summed E-state index contributed by atoms with van der Waals surface area (Å²) in [7, 11) is 0. The Bertz CT molecular complexity index is 546. The zero-order valence-corrected chi connectivity index (χ0v) is 9.50. The van der Waals surface area contributed by atoms with Crippen LogP contribution in [-0.2, 0) is 0 Å². The summed E-state index contributed by atoms with van der Waals surface area (Å²) in [6.45, 7) is 0. The number of hydrogen-bond donors (Lipinski definition) is 1. The molecule has 1 aromatic heterocycles. The molecule has 19 heavy (non-hydrogen) atoms. The summed E-state index contributed by atoms with van der Waals surface area (Å²) in [5.74, 6) is -0.452. The minimum Gasteiger partial charge on any atom is -0.405 e. The standard InChI is InChI=1S/C12H9F3N2O2/c13-12(14,15)19-10-4-2-1-3-9(10)11(18)8-5-16-7-17-6-8/h1-7,11,18H. The van der Waals surface area contributed by atoms with Gasteiger partial charge in [0, 0.05) is 23.5 Å². The maximum absolute atomic E-state index is 12.3. The molecular formula is C12H9F3N2O2. The van der Waals surface area contributed by atoms with E-state index in [-0.39, 0.29) is 11.1 Å². The van der Waals surface area contributed by atoms with Gasteiger partial charge in [-0.2, -0.15) is 0 Å². The Labute approximate surface area is 106 Å². The van der Waals surface area contributed by atoms with Crippen LogP contribution in [0.1, 0.15) is 17.2 Å². The van der Waals surface area contributed by atoms with E-state index >= 15 is 0 Å². The van der Waals surface area contributed by atoms with Crippen molar-refractivity contribution < 1.29 is 23.0 Å². The Morgan fingerprint density at radius 3 is 2.37 bits per heavy atom. The molecule has 1 atom stereocenters. The van der Waals surface area contributed by atoms with Crippen LogP contribution in [0.15, 0.2) is 43.0 Å². The van der Waals surface area contributed by atoms with E-state index in [1.165, 1.54) is 36.9 Å². The predicted octanol–water partition coefficient (Wildman–Crippen LogP) is 2.46. The summed E-state index contributed by atoms with van der Waals surface area (Å²) in [6, 6.07) is 5.37. The van der Waals surface area contributed by atoms with Crippen molar-refractivity contribution >= 4 is 0 Å². The van der Waals surface area contributed by atoms with Crippen molar-refractivity contribution in [2.75, 3.05) is 0 Å². The van der Waals surface area contributed by atoms with Crippen LogP contribution in [0.4, 0.5) is 13.2 Å². The predicted molar refractivity (Wildman–Crippen MR) is 59.2 cm³/mol. The van der Waals surface area contributed by atoms with Crippen molar-refractivity contribution in [2.24, 2.45) is 0 Å². The maximum Gasteiger partial charge on any atom is 0.573 e. The second-order valence-corrected chi connectivity index (χ2v) is 3.66. The highest BCUT2D eigenvalue weighted by atomic mass is 19.4. The lowest BCUT2D eigenvalue weighted by Crippen LogP contribution is -2.18. The number of aliphatic hydroxyl groups is 1. The topological polar surface area (TPSA) is 55.2 Å². The van der Waals surface area contributed by atoms with Gasteiger partial charge in [0.05, 0.1) is 0 Å². The van der Waals surface area contributed by atoms with Crippen molar-refractivity contribution in [2.45, 2.75) is 12.5 Å². The zero-order chi connectivity index (χ0) is 13.9. The van der Waals surface area contributed by atoms with Crippen LogP contribution in [0.25, 0.3) is 0 Å². The van der Waals surface area contributed by atoms with Gasteiger partial charge in [-0.3, -0.25) is 0 Å². The molecular weight excluding hydrogens is 261 g/mol. The second kappa shape index (κ2) is 5.23. The number of nitrogens with zero attached hydrogens (tertiary/aromatic N) is 2. The zero-order valence-electron chi connectivity index (χ0n) is 9.50. The summed E-state index contributed by atoms with van der Waals surface area (Å²) < 4.78 is 40.7. The van der Waals surface area contributed by atoms with Gasteiger partial charge in [0.25, 0.3) is 0 Å². The van der Waals surface area contributed by atoms with Gasteiger partial charge in [-0.05, 0) is 6.07 Å². The van der Waals surface area contributed by atoms with E-state index in [9.17, 15) is 18.3 Å². The number of alkyl halides is 3. The summed E-state index contributed by atoms with van der Waals surface area (Å²) in [5, 5.41) is 10.0. The van der Waals surface area contributed by atoms with E-state index in [1.807, 2.05) is 0 Å². The van der Waals surface area contributed by atoms with Gasteiger partial charge in [0.15, 0.2) is 0 Å². The fourth-order valence-corrected chi connectivity index (χ4v) is 1.56. The summed E-state index contributed by atoms with van der Waals surface area (Å²) >= 11 is 0. The molecule has 7 heteroatoms. The molecule has 0 amide bonds. The maximum atomic E-state index is 12.3. The highest BCUT2D eigenvalue weighted by molar-refractivity contribution is 5.39. The van der Waals surface area contributed by atoms with Gasteiger partial charge in [-0.15, -0.1) is 13.2 Å². The Hall–Kier alpha value is -2.15. The van der Waals surface area contributed by atoms with Crippen LogP contribution >= 0.6 is 0 Å². The monoisotopic (exact) mass is 270 g/mol. The first-order chi connectivity index (χ1) is 8.97. The van der Waals surface area contributed by atoms with E-state index in [0.717, 1.165) is 6.07 Å². The molecule has 0 fully saturated rings. The molecule has 100 valence electrons. The van der Waals surface area contributed by atoms with Crippen molar-refractivity contribution in [3.8, 4) is 5.75 Å². The van der Waals surface area contributed by atoms with Crippen LogP contribution in [-0.4, -0.2) is 21.4 Å². The van der Waals surface area contributed by atoms with E-state index in [2.05, 4.69) is 14.7 Å². The van der Waals surface area contributed by atoms with Crippen LogP contribution in [0, 0.1) is 0 Å². The van der Waals surface area contributed by atoms with E-state index < -0.39 is 18.2 Å². The Morgan fingerprint density at radius 1 is 1.11 bits per heavy atom. The molecule has 1 heterocycles. The Balaban J connectivity index is 2.35. The quantitative estimate of drug-likeness (QED) is 0.930. The van der Waals surface area contributed by atoms with Gasteiger partial charge in [0.1, 0.15) is 18.2 Å². The number of ether oxygens (including phenoxy) is 1. The Morgan fingerprint density at radius 2 is 1.74 bits per heavy atom. The number of benzene rings is 1. The van der Waals surface area contributed by atoms with Gasteiger partial charge in [-0.1, -0.05) is 18.2 Å². The summed E-state index contributed by atoms with van der Waals surface area (Å²) in [4.78, 5) is 7.40. The largest absolute Gasteiger partial charge is 0.573 e. The molecule has 4 nitrogen and oxygen atoms in total. The molecule has 0 bridgehead atoms. The molecule has 0 aliphatic carbocycles. The molecule has 0 saturated heterocycles. The van der Waals surface area contributed by atoms with Crippen molar-refractivity contribution in [3.05, 3.63) is 54.1 Å². The Kier molecular flexibility index (Phi) is 3.66. The average molecular weight is 270 g/mol. The van der Waals surface area contributed by atoms with Crippen LogP contribution < -0.4 is 4.74 Å². The fourth-order valence-electron chi connectivity index (χ4n) is 1.56. The van der Waals surface area contributed by atoms with Crippen LogP contribution in [0.5, 0.6) is 5.75 Å². The molecule has 1 unspecified atom stereocenters. The molecule has 0 aliphatic rings. The van der Waals surface area contributed by atoms with E-state index in [4.69, 9.17) is 0 Å². The number of rotatable bonds is 3. The third-order valence-electron chi connectivity index (χ3n) is 2.34. The van der Waals surface area contributed by atoms with Gasteiger partial charge < -0.3 is 9.84 Å². The molecule has 0 aliphatic heterocycles. The molecule has 1 N–H and O–H groups in total. The van der Waals surface area contributed by atoms with Crippen molar-refractivity contribution in [1.82, 2.24) is 9.97 Å². The third-order valence-corrected chi connectivity index (χ3v) is 2.34. The second-order valence-electron chi connectivity index (χ2n) is 3.66. The number of halogens is 3. The number of aromatic nitrogens is 2. The van der Waals surface area contributed by atoms with Crippen molar-refractivity contribution in [1.29, 1.82) is 0 Å². The minimum absolute atomic E-state index is 0.00498. The van der Waals surface area contributed by atoms with Gasteiger partial charge in [-0.25, -0.2) is 9.97 Å². The van der Waals surface area contributed by atoms with Gasteiger partial charge in [0.2, 0.25) is 0 Å². The molecule has 2 aromatic rings. The van der Waals surface area contributed by atoms with E-state index in [0.29, 0.717) is 0 Å². The first kappa shape index (κ1) is 13.3. The molecule has 1 aromatic carbocycles. The SMILES string of the molecule is OC(c1cncnc1)c1ccccc1OC(F)(F)F. The normalized spacial score (nSPS) is 13.1. The van der Waals surface area contributed by atoms with Gasteiger partial charge >= 0.3 is 6.36 Å². The van der Waals surface area contributed by atoms with Crippen molar-refractivity contribution in [3.63, 3.8) is 0 Å². The fraction of sp³-hybridized carbons (Fsp3) is 0.167. The lowest BCUT2D eigenvalue weighted by atomic mass is 10.0. The molecule has 0 radical (unpaired) electrons. The number of aliphatic hydroxyl groups excluding tert-OH is 1. The lowest BCUT2D eigenvalue weighted by molar-refractivity contribution is -0.275. The molecule has 0 spiro atoms. The smallest absolute Gasteiger partial charge is 0.405 e. The number of hydrogen-bond acceptors (Lipinski definition) is 4.